The molecule has 0 bridgehead atoms. The Morgan fingerprint density at radius 3 is 1.46 bits per heavy atom. The Morgan fingerprint density at radius 1 is 0.846 bits per heavy atom. The lowest BCUT2D eigenvalue weighted by molar-refractivity contribution is 1.21. The van der Waals surface area contributed by atoms with Gasteiger partial charge < -0.3 is 0 Å². The molecule has 0 aliphatic heterocycles. The van der Waals surface area contributed by atoms with Crippen molar-refractivity contribution < 1.29 is 0 Å². The lowest BCUT2D eigenvalue weighted by Crippen LogP contribution is -2.20. The van der Waals surface area contributed by atoms with Crippen LogP contribution in [0.5, 0.6) is 0 Å². The number of allylic oxidation sites excluding steroid dienone is 4. The van der Waals surface area contributed by atoms with Gasteiger partial charge in [0.2, 0.25) is 0 Å². The molecule has 0 spiro atoms. The van der Waals surface area contributed by atoms with Crippen molar-refractivity contribution in [2.24, 2.45) is 0 Å². The van der Waals surface area contributed by atoms with E-state index in [1.807, 2.05) is 0 Å². The van der Waals surface area contributed by atoms with Crippen molar-refractivity contribution in [3.05, 3.63) is 21.9 Å². The van der Waals surface area contributed by atoms with Gasteiger partial charge in [0, 0.05) is 0 Å². The van der Waals surface area contributed by atoms with E-state index in [1.165, 1.54) is 21.9 Å². The van der Waals surface area contributed by atoms with Gasteiger partial charge in [-0.05, 0) is 40.2 Å². The smallest absolute Gasteiger partial charge is 0.162 e. The van der Waals surface area contributed by atoms with Crippen LogP contribution in [-0.4, -0.2) is 7.38 Å². The number of halogens is 1. The molecule has 0 fully saturated rings. The van der Waals surface area contributed by atoms with Crippen LogP contribution in [0.2, 0.25) is 13.1 Å². The minimum Gasteiger partial charge on any atom is -0.162 e. The highest BCUT2D eigenvalue weighted by Crippen LogP contribution is 2.26. The maximum atomic E-state index is 6.39. The molecule has 0 aromatic carbocycles. The Balaban J connectivity index is 5.18. The third-order valence-corrected chi connectivity index (χ3v) is 5.78. The average Bonchev–Trinajstić information content (AvgIpc) is 1.98. The van der Waals surface area contributed by atoms with Crippen molar-refractivity contribution >= 4 is 18.5 Å². The summed E-state index contributed by atoms with van der Waals surface area (Å²) in [5.74, 6) is 0. The number of rotatable bonds is 2. The highest BCUT2D eigenvalue weighted by atomic mass is 35.6. The Kier molecular flexibility index (Phi) is 4.47. The van der Waals surface area contributed by atoms with Crippen molar-refractivity contribution in [2.45, 2.75) is 47.7 Å². The van der Waals surface area contributed by atoms with Crippen LogP contribution in [0, 0.1) is 0 Å². The first-order chi connectivity index (χ1) is 5.68. The molecule has 0 aliphatic rings. The standard InChI is InChI=1S/C11H21ClSi/c1-8(2)9(3)10(4)11(5)13(6,7)12/h1-7H3. The summed E-state index contributed by atoms with van der Waals surface area (Å²) >= 11 is 6.39. The third-order valence-electron chi connectivity index (χ3n) is 2.77. The van der Waals surface area contributed by atoms with E-state index in [0.29, 0.717) is 0 Å². The largest absolute Gasteiger partial charge is 0.176 e. The van der Waals surface area contributed by atoms with Gasteiger partial charge in [0.1, 0.15) is 0 Å². The van der Waals surface area contributed by atoms with Crippen LogP contribution in [0.15, 0.2) is 21.9 Å². The van der Waals surface area contributed by atoms with E-state index in [2.05, 4.69) is 47.7 Å². The average molecular weight is 217 g/mol. The molecule has 0 saturated carbocycles. The molecule has 0 heterocycles. The van der Waals surface area contributed by atoms with Crippen LogP contribution in [0.25, 0.3) is 0 Å². The number of hydrogen-bond donors (Lipinski definition) is 0. The molecule has 0 nitrogen and oxygen atoms in total. The first-order valence-corrected chi connectivity index (χ1v) is 8.70. The highest BCUT2D eigenvalue weighted by Gasteiger charge is 2.21. The second-order valence-electron chi connectivity index (χ2n) is 4.35. The molecule has 0 unspecified atom stereocenters. The van der Waals surface area contributed by atoms with Gasteiger partial charge in [-0.3, -0.25) is 0 Å². The Morgan fingerprint density at radius 2 is 1.23 bits per heavy atom. The Labute approximate surface area is 88.4 Å². The van der Waals surface area contributed by atoms with Gasteiger partial charge in [0.15, 0.2) is 7.38 Å². The first kappa shape index (κ1) is 13.0. The van der Waals surface area contributed by atoms with Gasteiger partial charge in [-0.1, -0.05) is 29.4 Å². The first-order valence-electron chi connectivity index (χ1n) is 4.69. The third kappa shape index (κ3) is 3.70. The normalized spacial score (nSPS) is 13.8. The van der Waals surface area contributed by atoms with E-state index in [-0.39, 0.29) is 0 Å². The summed E-state index contributed by atoms with van der Waals surface area (Å²) in [4.78, 5) is 0. The molecule has 0 aromatic rings. The van der Waals surface area contributed by atoms with Crippen molar-refractivity contribution in [3.63, 3.8) is 0 Å². The van der Waals surface area contributed by atoms with Gasteiger partial charge in [0.25, 0.3) is 0 Å². The zero-order valence-corrected chi connectivity index (χ0v) is 11.6. The Hall–Kier alpha value is -0.0131. The molecule has 0 rings (SSSR count). The second-order valence-corrected chi connectivity index (χ2v) is 10.9. The van der Waals surface area contributed by atoms with Gasteiger partial charge in [0.05, 0.1) is 0 Å². The molecule has 0 radical (unpaired) electrons. The molecule has 76 valence electrons. The van der Waals surface area contributed by atoms with Gasteiger partial charge in [-0.15, -0.1) is 0 Å². The Bertz CT molecular complexity index is 250. The molecular weight excluding hydrogens is 196 g/mol. The van der Waals surface area contributed by atoms with Crippen molar-refractivity contribution in [1.82, 2.24) is 0 Å². The summed E-state index contributed by atoms with van der Waals surface area (Å²) in [7, 11) is -1.61. The molecule has 0 atom stereocenters. The molecule has 0 N–H and O–H groups in total. The van der Waals surface area contributed by atoms with E-state index >= 15 is 0 Å². The van der Waals surface area contributed by atoms with E-state index in [1.54, 1.807) is 0 Å². The van der Waals surface area contributed by atoms with Crippen LogP contribution in [0.3, 0.4) is 0 Å². The van der Waals surface area contributed by atoms with Crippen LogP contribution in [0.4, 0.5) is 0 Å². The van der Waals surface area contributed by atoms with Gasteiger partial charge >= 0.3 is 0 Å². The summed E-state index contributed by atoms with van der Waals surface area (Å²) in [6, 6.07) is 0. The van der Waals surface area contributed by atoms with E-state index in [4.69, 9.17) is 11.1 Å². The van der Waals surface area contributed by atoms with E-state index in [0.717, 1.165) is 0 Å². The lowest BCUT2D eigenvalue weighted by Gasteiger charge is -2.18. The summed E-state index contributed by atoms with van der Waals surface area (Å²) in [6.07, 6.45) is 0. The summed E-state index contributed by atoms with van der Waals surface area (Å²) in [5, 5.41) is 1.40. The topological polar surface area (TPSA) is 0 Å². The molecule has 2 heteroatoms. The van der Waals surface area contributed by atoms with Crippen molar-refractivity contribution in [2.75, 3.05) is 0 Å². The molecule has 0 saturated heterocycles. The second kappa shape index (κ2) is 4.47. The summed E-state index contributed by atoms with van der Waals surface area (Å²) in [5.41, 5.74) is 4.15. The van der Waals surface area contributed by atoms with Crippen LogP contribution in [0.1, 0.15) is 34.6 Å². The van der Waals surface area contributed by atoms with Gasteiger partial charge in [-0.25, -0.2) is 0 Å². The number of hydrogen-bond acceptors (Lipinski definition) is 0. The quantitative estimate of drug-likeness (QED) is 0.358. The van der Waals surface area contributed by atoms with E-state index < -0.39 is 7.38 Å². The SMILES string of the molecule is CC(C)=C(C)C(C)=C(C)[Si](C)(C)Cl. The molecule has 0 aromatic heterocycles. The van der Waals surface area contributed by atoms with Gasteiger partial charge in [-0.2, -0.15) is 11.1 Å². The predicted octanol–water partition coefficient (Wildman–Crippen LogP) is 4.66. The minimum absolute atomic E-state index is 1.38. The monoisotopic (exact) mass is 216 g/mol. The zero-order valence-electron chi connectivity index (χ0n) is 9.88. The molecular formula is C11H21ClSi. The molecule has 13 heavy (non-hydrogen) atoms. The summed E-state index contributed by atoms with van der Waals surface area (Å²) < 4.78 is 0. The fourth-order valence-corrected chi connectivity index (χ4v) is 2.61. The van der Waals surface area contributed by atoms with Crippen molar-refractivity contribution in [3.8, 4) is 0 Å². The highest BCUT2D eigenvalue weighted by molar-refractivity contribution is 7.23. The molecule has 0 amide bonds. The fourth-order valence-electron chi connectivity index (χ4n) is 1.10. The lowest BCUT2D eigenvalue weighted by atomic mass is 10.1. The van der Waals surface area contributed by atoms with Crippen LogP contribution < -0.4 is 0 Å². The maximum absolute atomic E-state index is 6.39. The van der Waals surface area contributed by atoms with E-state index in [9.17, 15) is 0 Å². The van der Waals surface area contributed by atoms with Crippen LogP contribution in [-0.2, 0) is 0 Å². The zero-order chi connectivity index (χ0) is 10.8. The molecule has 0 aliphatic carbocycles. The predicted molar refractivity (Wildman–Crippen MR) is 65.8 cm³/mol. The van der Waals surface area contributed by atoms with Crippen molar-refractivity contribution in [1.29, 1.82) is 0 Å². The fraction of sp³-hybridized carbons (Fsp3) is 0.636. The maximum Gasteiger partial charge on any atom is 0.176 e. The van der Waals surface area contributed by atoms with Crippen LogP contribution >= 0.6 is 11.1 Å². The summed E-state index contributed by atoms with van der Waals surface area (Å²) in [6.45, 7) is 15.2. The minimum atomic E-state index is -1.61.